The van der Waals surface area contributed by atoms with Crippen molar-refractivity contribution < 1.29 is 17.6 Å². The third-order valence-corrected chi connectivity index (χ3v) is 3.79. The van der Waals surface area contributed by atoms with E-state index in [9.17, 15) is 17.6 Å². The molecule has 1 aliphatic heterocycles. The molecule has 124 valence electrons. The Labute approximate surface area is 137 Å². The fourth-order valence-electron chi connectivity index (χ4n) is 2.51. The Hall–Kier alpha value is -0.820. The van der Waals surface area contributed by atoms with Gasteiger partial charge >= 0.3 is 6.18 Å². The molecular formula is C14H16Cl2F4N2. The van der Waals surface area contributed by atoms with Crippen LogP contribution in [0.25, 0.3) is 0 Å². The highest BCUT2D eigenvalue weighted by Crippen LogP contribution is 2.40. The lowest BCUT2D eigenvalue weighted by Gasteiger charge is -2.34. The molecule has 2 rings (SSSR count). The van der Waals surface area contributed by atoms with E-state index in [4.69, 9.17) is 11.6 Å². The predicted octanol–water partition coefficient (Wildman–Crippen LogP) is 4.05. The highest BCUT2D eigenvalue weighted by atomic mass is 35.5. The zero-order valence-corrected chi connectivity index (χ0v) is 13.2. The van der Waals surface area contributed by atoms with Gasteiger partial charge in [-0.05, 0) is 12.1 Å². The van der Waals surface area contributed by atoms with Gasteiger partial charge in [-0.15, -0.1) is 19.0 Å². The Bertz CT molecular complexity index is 528. The maximum Gasteiger partial charge on any atom is 0.416 e. The number of nitrogens with zero attached hydrogens (tertiary/aromatic N) is 1. The molecule has 1 fully saturated rings. The van der Waals surface area contributed by atoms with Crippen LogP contribution in [-0.2, 0) is 6.18 Å². The van der Waals surface area contributed by atoms with Gasteiger partial charge in [0.25, 0.3) is 0 Å². The first-order chi connectivity index (χ1) is 9.86. The average Bonchev–Trinajstić information content (AvgIpc) is 2.44. The summed E-state index contributed by atoms with van der Waals surface area (Å²) in [5, 5.41) is 2.78. The minimum atomic E-state index is -4.64. The van der Waals surface area contributed by atoms with Crippen LogP contribution >= 0.6 is 24.0 Å². The molecule has 1 heterocycles. The molecule has 1 saturated heterocycles. The van der Waals surface area contributed by atoms with E-state index >= 15 is 0 Å². The topological polar surface area (TPSA) is 15.3 Å². The monoisotopic (exact) mass is 358 g/mol. The molecule has 1 atom stereocenters. The van der Waals surface area contributed by atoms with Crippen LogP contribution < -0.4 is 5.32 Å². The summed E-state index contributed by atoms with van der Waals surface area (Å²) >= 11 is 5.67. The molecular weight excluding hydrogens is 343 g/mol. The fourth-order valence-corrected chi connectivity index (χ4v) is 2.68. The van der Waals surface area contributed by atoms with Crippen molar-refractivity contribution >= 4 is 24.0 Å². The maximum absolute atomic E-state index is 14.3. The van der Waals surface area contributed by atoms with Gasteiger partial charge in [-0.25, -0.2) is 4.39 Å². The van der Waals surface area contributed by atoms with Crippen molar-refractivity contribution in [1.29, 1.82) is 0 Å². The zero-order chi connectivity index (χ0) is 15.6. The molecule has 0 aromatic heterocycles. The number of hydrogen-bond acceptors (Lipinski definition) is 2. The van der Waals surface area contributed by atoms with Gasteiger partial charge in [0, 0.05) is 31.7 Å². The van der Waals surface area contributed by atoms with Crippen molar-refractivity contribution in [2.75, 3.05) is 26.2 Å². The van der Waals surface area contributed by atoms with Gasteiger partial charge in [-0.2, -0.15) is 13.2 Å². The number of piperazine rings is 1. The lowest BCUT2D eigenvalue weighted by Crippen LogP contribution is -2.45. The van der Waals surface area contributed by atoms with Crippen LogP contribution in [0.4, 0.5) is 17.6 Å². The summed E-state index contributed by atoms with van der Waals surface area (Å²) in [7, 11) is 0. The SMILES string of the molecule is C=C[C@@H](c1c(C(F)(F)F)ccc(Cl)c1F)N1CCNCC1.Cl. The smallest absolute Gasteiger partial charge is 0.314 e. The quantitative estimate of drug-likeness (QED) is 0.647. The van der Waals surface area contributed by atoms with E-state index in [0.717, 1.165) is 12.1 Å². The Kier molecular flexibility index (Phi) is 6.67. The van der Waals surface area contributed by atoms with Gasteiger partial charge in [-0.1, -0.05) is 17.7 Å². The Balaban J connectivity index is 0.00000242. The van der Waals surface area contributed by atoms with Crippen LogP contribution in [0, 0.1) is 5.82 Å². The lowest BCUT2D eigenvalue weighted by atomic mass is 9.97. The Morgan fingerprint density at radius 1 is 1.27 bits per heavy atom. The minimum absolute atomic E-state index is 0. The van der Waals surface area contributed by atoms with E-state index < -0.39 is 29.2 Å². The van der Waals surface area contributed by atoms with Crippen LogP contribution in [0.15, 0.2) is 24.8 Å². The first-order valence-electron chi connectivity index (χ1n) is 6.48. The third-order valence-electron chi connectivity index (χ3n) is 3.50. The number of alkyl halides is 3. The molecule has 1 N–H and O–H groups in total. The number of hydrogen-bond donors (Lipinski definition) is 1. The zero-order valence-electron chi connectivity index (χ0n) is 11.6. The summed E-state index contributed by atoms with van der Waals surface area (Å²) in [6.45, 7) is 5.86. The van der Waals surface area contributed by atoms with E-state index in [1.807, 2.05) is 0 Å². The van der Waals surface area contributed by atoms with Gasteiger partial charge in [0.2, 0.25) is 0 Å². The molecule has 0 aliphatic carbocycles. The summed E-state index contributed by atoms with van der Waals surface area (Å²) < 4.78 is 53.7. The molecule has 1 aromatic carbocycles. The number of benzene rings is 1. The van der Waals surface area contributed by atoms with Crippen LogP contribution in [-0.4, -0.2) is 31.1 Å². The first kappa shape index (κ1) is 19.2. The molecule has 1 aromatic rings. The van der Waals surface area contributed by atoms with E-state index in [0.29, 0.717) is 26.2 Å². The minimum Gasteiger partial charge on any atom is -0.314 e. The van der Waals surface area contributed by atoms with Crippen LogP contribution in [0.1, 0.15) is 17.2 Å². The van der Waals surface area contributed by atoms with E-state index in [-0.39, 0.29) is 17.4 Å². The van der Waals surface area contributed by atoms with Crippen molar-refractivity contribution in [3.8, 4) is 0 Å². The molecule has 0 bridgehead atoms. The molecule has 8 heteroatoms. The van der Waals surface area contributed by atoms with Crippen LogP contribution in [0.3, 0.4) is 0 Å². The van der Waals surface area contributed by atoms with Crippen molar-refractivity contribution in [3.05, 3.63) is 46.8 Å². The number of rotatable bonds is 3. The lowest BCUT2D eigenvalue weighted by molar-refractivity contribution is -0.138. The van der Waals surface area contributed by atoms with Crippen LogP contribution in [0.5, 0.6) is 0 Å². The number of halogens is 6. The predicted molar refractivity (Wildman–Crippen MR) is 81.0 cm³/mol. The second-order valence-corrected chi connectivity index (χ2v) is 5.19. The highest BCUT2D eigenvalue weighted by molar-refractivity contribution is 6.30. The largest absolute Gasteiger partial charge is 0.416 e. The van der Waals surface area contributed by atoms with Gasteiger partial charge in [0.15, 0.2) is 0 Å². The van der Waals surface area contributed by atoms with Crippen LogP contribution in [0.2, 0.25) is 5.02 Å². The van der Waals surface area contributed by atoms with Crippen molar-refractivity contribution in [3.63, 3.8) is 0 Å². The van der Waals surface area contributed by atoms with Gasteiger partial charge < -0.3 is 5.32 Å². The van der Waals surface area contributed by atoms with Gasteiger partial charge in [0.05, 0.1) is 16.6 Å². The molecule has 0 saturated carbocycles. The molecule has 2 nitrogen and oxygen atoms in total. The maximum atomic E-state index is 14.3. The molecule has 22 heavy (non-hydrogen) atoms. The fraction of sp³-hybridized carbons (Fsp3) is 0.429. The van der Waals surface area contributed by atoms with E-state index in [2.05, 4.69) is 11.9 Å². The summed E-state index contributed by atoms with van der Waals surface area (Å²) in [5.74, 6) is -1.03. The van der Waals surface area contributed by atoms with E-state index in [1.165, 1.54) is 6.08 Å². The molecule has 0 amide bonds. The van der Waals surface area contributed by atoms with Crippen molar-refractivity contribution in [2.24, 2.45) is 0 Å². The summed E-state index contributed by atoms with van der Waals surface area (Å²) in [4.78, 5) is 1.76. The summed E-state index contributed by atoms with van der Waals surface area (Å²) in [5.41, 5.74) is -1.46. The summed E-state index contributed by atoms with van der Waals surface area (Å²) in [6, 6.07) is 0.892. The van der Waals surface area contributed by atoms with E-state index in [1.54, 1.807) is 4.90 Å². The molecule has 0 unspecified atom stereocenters. The Morgan fingerprint density at radius 3 is 2.36 bits per heavy atom. The normalized spacial score (nSPS) is 17.7. The average molecular weight is 359 g/mol. The third kappa shape index (κ3) is 3.93. The Morgan fingerprint density at radius 2 is 1.86 bits per heavy atom. The summed E-state index contributed by atoms with van der Waals surface area (Å²) in [6.07, 6.45) is -3.31. The standard InChI is InChI=1S/C14H15ClF4N2.ClH/c1-2-11(21-7-5-20-6-8-21)12-9(14(17,18)19)3-4-10(15)13(12)16;/h2-4,11,20H,1,5-8H2;1H/t11-;/m0./s1. The second kappa shape index (κ2) is 7.64. The molecule has 1 aliphatic rings. The molecule has 0 radical (unpaired) electrons. The van der Waals surface area contributed by atoms with Crippen molar-refractivity contribution in [2.45, 2.75) is 12.2 Å². The van der Waals surface area contributed by atoms with Gasteiger partial charge in [-0.3, -0.25) is 4.90 Å². The number of nitrogens with one attached hydrogen (secondary N) is 1. The first-order valence-corrected chi connectivity index (χ1v) is 6.86. The highest BCUT2D eigenvalue weighted by Gasteiger charge is 2.38. The molecule has 0 spiro atoms. The van der Waals surface area contributed by atoms with Gasteiger partial charge in [0.1, 0.15) is 5.82 Å². The second-order valence-electron chi connectivity index (χ2n) is 4.79. The van der Waals surface area contributed by atoms with Crippen molar-refractivity contribution in [1.82, 2.24) is 10.2 Å².